The molecule has 1 aromatic carbocycles. The lowest BCUT2D eigenvalue weighted by molar-refractivity contribution is 0.742. The van der Waals surface area contributed by atoms with Crippen molar-refractivity contribution in [2.24, 2.45) is 5.92 Å². The van der Waals surface area contributed by atoms with E-state index in [0.717, 1.165) is 6.42 Å². The van der Waals surface area contributed by atoms with E-state index in [2.05, 4.69) is 25.1 Å². The van der Waals surface area contributed by atoms with Crippen LogP contribution < -0.4 is 0 Å². The molecular weight excluding hydrogens is 146 g/mol. The minimum atomic E-state index is 0.149. The Morgan fingerprint density at radius 3 is 2.58 bits per heavy atom. The zero-order valence-electron chi connectivity index (χ0n) is 7.12. The third-order valence-corrected chi connectivity index (χ3v) is 2.83. The van der Waals surface area contributed by atoms with E-state index in [9.17, 15) is 0 Å². The summed E-state index contributed by atoms with van der Waals surface area (Å²) in [7, 11) is 0. The van der Waals surface area contributed by atoms with Crippen LogP contribution in [0.25, 0.3) is 0 Å². The minimum absolute atomic E-state index is 0.149. The fraction of sp³-hybridized carbons (Fsp3) is 0.364. The molecule has 0 aromatic heterocycles. The van der Waals surface area contributed by atoms with Crippen molar-refractivity contribution in [2.45, 2.75) is 18.8 Å². The molecule has 1 saturated carbocycles. The number of benzene rings is 1. The van der Waals surface area contributed by atoms with Gasteiger partial charge in [-0.2, -0.15) is 5.26 Å². The molecule has 0 bridgehead atoms. The number of hydrogen-bond donors (Lipinski definition) is 0. The van der Waals surface area contributed by atoms with Crippen LogP contribution in [0.2, 0.25) is 0 Å². The van der Waals surface area contributed by atoms with Gasteiger partial charge in [-0.3, -0.25) is 0 Å². The van der Waals surface area contributed by atoms with Gasteiger partial charge in [0.25, 0.3) is 0 Å². The van der Waals surface area contributed by atoms with Crippen LogP contribution in [-0.4, -0.2) is 0 Å². The van der Waals surface area contributed by atoms with E-state index in [1.165, 1.54) is 5.56 Å². The van der Waals surface area contributed by atoms with Crippen molar-refractivity contribution in [1.29, 1.82) is 5.26 Å². The molecule has 1 aliphatic carbocycles. The molecule has 0 unspecified atom stereocenters. The van der Waals surface area contributed by atoms with E-state index in [1.807, 2.05) is 18.2 Å². The quantitative estimate of drug-likeness (QED) is 0.614. The molecule has 0 radical (unpaired) electrons. The fourth-order valence-corrected chi connectivity index (χ4v) is 1.69. The molecule has 60 valence electrons. The topological polar surface area (TPSA) is 23.8 Å². The molecule has 0 spiro atoms. The summed E-state index contributed by atoms with van der Waals surface area (Å²) < 4.78 is 0. The molecule has 2 atom stereocenters. The highest BCUT2D eigenvalue weighted by atomic mass is 14.5. The Hall–Kier alpha value is -1.29. The molecule has 1 nitrogen and oxygen atoms in total. The lowest BCUT2D eigenvalue weighted by Crippen LogP contribution is -2.02. The Bertz CT molecular complexity index is 323. The molecule has 12 heavy (non-hydrogen) atoms. The fourth-order valence-electron chi connectivity index (χ4n) is 1.69. The summed E-state index contributed by atoms with van der Waals surface area (Å²) >= 11 is 0. The van der Waals surface area contributed by atoms with Crippen LogP contribution in [0.3, 0.4) is 0 Å². The second kappa shape index (κ2) is 2.35. The number of nitriles is 1. The maximum atomic E-state index is 8.75. The first-order chi connectivity index (χ1) is 5.77. The molecular formula is C11H11N. The molecule has 1 aromatic rings. The summed E-state index contributed by atoms with van der Waals surface area (Å²) in [6, 6.07) is 12.6. The van der Waals surface area contributed by atoms with Gasteiger partial charge < -0.3 is 0 Å². The second-order valence-electron chi connectivity index (χ2n) is 3.67. The van der Waals surface area contributed by atoms with Crippen molar-refractivity contribution in [2.75, 3.05) is 0 Å². The lowest BCUT2D eigenvalue weighted by atomic mass is 9.96. The van der Waals surface area contributed by atoms with Crippen LogP contribution in [0.4, 0.5) is 0 Å². The summed E-state index contributed by atoms with van der Waals surface area (Å²) in [6.07, 6.45) is 1.02. The second-order valence-corrected chi connectivity index (χ2v) is 3.67. The van der Waals surface area contributed by atoms with Gasteiger partial charge in [0.1, 0.15) is 0 Å². The summed E-state index contributed by atoms with van der Waals surface area (Å²) in [4.78, 5) is 0. The monoisotopic (exact) mass is 157 g/mol. The van der Waals surface area contributed by atoms with E-state index < -0.39 is 0 Å². The first-order valence-corrected chi connectivity index (χ1v) is 4.22. The van der Waals surface area contributed by atoms with Gasteiger partial charge >= 0.3 is 0 Å². The largest absolute Gasteiger partial charge is 0.198 e. The molecule has 0 N–H and O–H groups in total. The van der Waals surface area contributed by atoms with Crippen LogP contribution in [0.1, 0.15) is 18.9 Å². The highest BCUT2D eigenvalue weighted by Crippen LogP contribution is 2.53. The Morgan fingerprint density at radius 1 is 1.42 bits per heavy atom. The highest BCUT2D eigenvalue weighted by molar-refractivity contribution is 5.35. The van der Waals surface area contributed by atoms with E-state index in [-0.39, 0.29) is 11.3 Å². The van der Waals surface area contributed by atoms with Gasteiger partial charge in [0.05, 0.1) is 12.0 Å². The summed E-state index contributed by atoms with van der Waals surface area (Å²) in [5.74, 6) is 0.236. The van der Waals surface area contributed by atoms with Crippen LogP contribution in [0.5, 0.6) is 0 Å². The average molecular weight is 157 g/mol. The van der Waals surface area contributed by atoms with E-state index in [4.69, 9.17) is 5.26 Å². The predicted octanol–water partition coefficient (Wildman–Crippen LogP) is 2.49. The standard InChI is InChI=1S/C11H11N/c1-11(7-10(11)8-12)9-5-3-2-4-6-9/h2-6,10H,7H2,1H3/t10-,11-/m1/s1. The van der Waals surface area contributed by atoms with Gasteiger partial charge in [-0.15, -0.1) is 0 Å². The molecule has 1 heteroatoms. The summed E-state index contributed by atoms with van der Waals surface area (Å²) in [5.41, 5.74) is 1.45. The molecule has 0 saturated heterocycles. The van der Waals surface area contributed by atoms with Gasteiger partial charge in [0.2, 0.25) is 0 Å². The normalized spacial score (nSPS) is 32.5. The Labute approximate surface area is 72.6 Å². The predicted molar refractivity (Wildman–Crippen MR) is 47.5 cm³/mol. The smallest absolute Gasteiger partial charge is 0.0665 e. The van der Waals surface area contributed by atoms with Crippen molar-refractivity contribution in [1.82, 2.24) is 0 Å². The van der Waals surface area contributed by atoms with Crippen LogP contribution in [-0.2, 0) is 5.41 Å². The number of hydrogen-bond acceptors (Lipinski definition) is 1. The van der Waals surface area contributed by atoms with Gasteiger partial charge in [0, 0.05) is 5.41 Å². The van der Waals surface area contributed by atoms with Crippen molar-refractivity contribution in [3.63, 3.8) is 0 Å². The summed E-state index contributed by atoms with van der Waals surface area (Å²) in [6.45, 7) is 2.16. The first-order valence-electron chi connectivity index (χ1n) is 4.22. The van der Waals surface area contributed by atoms with Crippen LogP contribution in [0.15, 0.2) is 30.3 Å². The minimum Gasteiger partial charge on any atom is -0.198 e. The zero-order chi connectivity index (χ0) is 8.60. The zero-order valence-corrected chi connectivity index (χ0v) is 7.12. The molecule has 0 amide bonds. The Kier molecular flexibility index (Phi) is 1.44. The van der Waals surface area contributed by atoms with E-state index >= 15 is 0 Å². The van der Waals surface area contributed by atoms with Gasteiger partial charge in [-0.05, 0) is 12.0 Å². The van der Waals surface area contributed by atoms with Crippen molar-refractivity contribution >= 4 is 0 Å². The van der Waals surface area contributed by atoms with Gasteiger partial charge in [0.15, 0.2) is 0 Å². The lowest BCUT2D eigenvalue weighted by Gasteiger charge is -2.07. The Balaban J connectivity index is 2.30. The Morgan fingerprint density at radius 2 is 2.08 bits per heavy atom. The first kappa shape index (κ1) is 7.36. The molecule has 1 fully saturated rings. The molecule has 0 aliphatic heterocycles. The van der Waals surface area contributed by atoms with Crippen molar-refractivity contribution < 1.29 is 0 Å². The van der Waals surface area contributed by atoms with Crippen molar-refractivity contribution in [3.05, 3.63) is 35.9 Å². The average Bonchev–Trinajstić information content (AvgIpc) is 2.81. The van der Waals surface area contributed by atoms with Gasteiger partial charge in [-0.1, -0.05) is 37.3 Å². The van der Waals surface area contributed by atoms with Crippen LogP contribution >= 0.6 is 0 Å². The summed E-state index contributed by atoms with van der Waals surface area (Å²) in [5, 5.41) is 8.75. The van der Waals surface area contributed by atoms with Crippen molar-refractivity contribution in [3.8, 4) is 6.07 Å². The highest BCUT2D eigenvalue weighted by Gasteiger charge is 2.51. The van der Waals surface area contributed by atoms with E-state index in [0.29, 0.717) is 0 Å². The molecule has 0 heterocycles. The molecule has 2 rings (SSSR count). The number of rotatable bonds is 1. The maximum Gasteiger partial charge on any atom is 0.0665 e. The molecule has 1 aliphatic rings. The third kappa shape index (κ3) is 0.921. The van der Waals surface area contributed by atoms with Gasteiger partial charge in [-0.25, -0.2) is 0 Å². The SMILES string of the molecule is C[C@]1(c2ccccc2)C[C@@H]1C#N. The maximum absolute atomic E-state index is 8.75. The number of nitrogens with zero attached hydrogens (tertiary/aromatic N) is 1. The third-order valence-electron chi connectivity index (χ3n) is 2.83. The van der Waals surface area contributed by atoms with E-state index in [1.54, 1.807) is 0 Å². The van der Waals surface area contributed by atoms with Crippen LogP contribution in [0, 0.1) is 17.2 Å².